The lowest BCUT2D eigenvalue weighted by molar-refractivity contribution is 0.0695. The van der Waals surface area contributed by atoms with E-state index >= 15 is 0 Å². The summed E-state index contributed by atoms with van der Waals surface area (Å²) in [5, 5.41) is 12.4. The second kappa shape index (κ2) is 6.14. The van der Waals surface area contributed by atoms with Gasteiger partial charge in [-0.3, -0.25) is 4.79 Å². The molecule has 26 heavy (non-hydrogen) atoms. The van der Waals surface area contributed by atoms with Crippen LogP contribution < -0.4 is 16.5 Å². The van der Waals surface area contributed by atoms with Gasteiger partial charge in [0, 0.05) is 30.4 Å². The van der Waals surface area contributed by atoms with Crippen molar-refractivity contribution >= 4 is 28.2 Å². The molecule has 0 unspecified atom stereocenters. The zero-order valence-corrected chi connectivity index (χ0v) is 13.9. The van der Waals surface area contributed by atoms with Gasteiger partial charge in [-0.25, -0.2) is 13.6 Å². The van der Waals surface area contributed by atoms with E-state index in [1.54, 1.807) is 20.0 Å². The van der Waals surface area contributed by atoms with Crippen LogP contribution in [-0.2, 0) is 0 Å². The average molecular weight is 359 g/mol. The lowest BCUT2D eigenvalue weighted by Crippen LogP contribution is -2.19. The SMILES string of the molecule is CNc1cc2c(cc1C)c(=O)c(C(=O)O)cn2-c1cc(N)c(F)cc1F. The number of nitrogen functional groups attached to an aromatic ring is 1. The normalized spacial score (nSPS) is 10.9. The highest BCUT2D eigenvalue weighted by molar-refractivity contribution is 5.94. The first-order chi connectivity index (χ1) is 12.2. The van der Waals surface area contributed by atoms with Crippen molar-refractivity contribution in [1.29, 1.82) is 0 Å². The molecule has 0 fully saturated rings. The van der Waals surface area contributed by atoms with Crippen LogP contribution in [0.25, 0.3) is 16.6 Å². The molecule has 0 amide bonds. The molecular formula is C18H15F2N3O3. The van der Waals surface area contributed by atoms with Crippen LogP contribution in [0, 0.1) is 18.6 Å². The third-order valence-corrected chi connectivity index (χ3v) is 4.18. The van der Waals surface area contributed by atoms with Crippen LogP contribution in [0.3, 0.4) is 0 Å². The third-order valence-electron chi connectivity index (χ3n) is 4.18. The summed E-state index contributed by atoms with van der Waals surface area (Å²) in [5.41, 5.74) is 5.50. The van der Waals surface area contributed by atoms with Crippen molar-refractivity contribution in [1.82, 2.24) is 4.57 Å². The number of fused-ring (bicyclic) bond motifs is 1. The lowest BCUT2D eigenvalue weighted by atomic mass is 10.1. The van der Waals surface area contributed by atoms with E-state index in [0.29, 0.717) is 17.3 Å². The second-order valence-electron chi connectivity index (χ2n) is 5.81. The van der Waals surface area contributed by atoms with Gasteiger partial charge in [-0.15, -0.1) is 0 Å². The molecule has 0 saturated heterocycles. The highest BCUT2D eigenvalue weighted by Gasteiger charge is 2.19. The molecule has 0 aliphatic rings. The molecule has 3 rings (SSSR count). The van der Waals surface area contributed by atoms with Gasteiger partial charge >= 0.3 is 5.97 Å². The molecule has 1 aromatic heterocycles. The number of pyridine rings is 1. The molecule has 0 bridgehead atoms. The Balaban J connectivity index is 2.52. The third kappa shape index (κ3) is 2.65. The number of benzene rings is 2. The van der Waals surface area contributed by atoms with Gasteiger partial charge in [-0.2, -0.15) is 0 Å². The molecule has 3 aromatic rings. The summed E-state index contributed by atoms with van der Waals surface area (Å²) in [6.45, 7) is 1.75. The van der Waals surface area contributed by atoms with Crippen LogP contribution >= 0.6 is 0 Å². The summed E-state index contributed by atoms with van der Waals surface area (Å²) in [5.74, 6) is -3.32. The molecule has 0 aliphatic carbocycles. The number of carbonyl (C=O) groups is 1. The second-order valence-corrected chi connectivity index (χ2v) is 5.81. The Morgan fingerprint density at radius 1 is 1.19 bits per heavy atom. The Morgan fingerprint density at radius 2 is 1.88 bits per heavy atom. The number of nitrogens with zero attached hydrogens (tertiary/aromatic N) is 1. The van der Waals surface area contributed by atoms with Crippen molar-refractivity contribution in [2.24, 2.45) is 0 Å². The highest BCUT2D eigenvalue weighted by Crippen LogP contribution is 2.27. The fraction of sp³-hybridized carbons (Fsp3) is 0.111. The molecular weight excluding hydrogens is 344 g/mol. The minimum absolute atomic E-state index is 0.101. The number of halogens is 2. The summed E-state index contributed by atoms with van der Waals surface area (Å²) in [6, 6.07) is 4.79. The zero-order chi connectivity index (χ0) is 19.2. The number of hydrogen-bond donors (Lipinski definition) is 3. The number of anilines is 2. The summed E-state index contributed by atoms with van der Waals surface area (Å²) in [6.07, 6.45) is 1.01. The summed E-state index contributed by atoms with van der Waals surface area (Å²) < 4.78 is 29.1. The number of rotatable bonds is 3. The van der Waals surface area contributed by atoms with Crippen molar-refractivity contribution in [3.8, 4) is 5.69 Å². The van der Waals surface area contributed by atoms with Crippen molar-refractivity contribution in [3.05, 3.63) is 63.4 Å². The zero-order valence-electron chi connectivity index (χ0n) is 13.9. The van der Waals surface area contributed by atoms with Crippen LogP contribution in [0.15, 0.2) is 35.3 Å². The van der Waals surface area contributed by atoms with E-state index < -0.39 is 28.6 Å². The number of aromatic carboxylic acids is 1. The van der Waals surface area contributed by atoms with E-state index in [-0.39, 0.29) is 22.3 Å². The molecule has 0 atom stereocenters. The standard InChI is InChI=1S/C18H15F2N3O3/c1-8-3-9-15(6-14(8)22-2)23(7-10(17(9)24)18(25)26)16-5-13(21)11(19)4-12(16)20/h3-7,22H,21H2,1-2H3,(H,25,26). The Kier molecular flexibility index (Phi) is 4.11. The fourth-order valence-corrected chi connectivity index (χ4v) is 2.84. The molecule has 134 valence electrons. The van der Waals surface area contributed by atoms with E-state index in [1.807, 2.05) is 0 Å². The Hall–Kier alpha value is -3.42. The first kappa shape index (κ1) is 17.4. The summed E-state index contributed by atoms with van der Waals surface area (Å²) in [4.78, 5) is 24.0. The Bertz CT molecular complexity index is 1120. The van der Waals surface area contributed by atoms with Crippen molar-refractivity contribution in [2.75, 3.05) is 18.1 Å². The van der Waals surface area contributed by atoms with Gasteiger partial charge < -0.3 is 20.7 Å². The number of aromatic nitrogens is 1. The molecule has 4 N–H and O–H groups in total. The molecule has 0 aliphatic heterocycles. The van der Waals surface area contributed by atoms with E-state index in [1.165, 1.54) is 10.6 Å². The van der Waals surface area contributed by atoms with Crippen molar-refractivity contribution < 1.29 is 18.7 Å². The molecule has 1 heterocycles. The Morgan fingerprint density at radius 3 is 2.50 bits per heavy atom. The van der Waals surface area contributed by atoms with Gasteiger partial charge in [0.25, 0.3) is 0 Å². The van der Waals surface area contributed by atoms with Gasteiger partial charge in [-0.05, 0) is 30.7 Å². The highest BCUT2D eigenvalue weighted by atomic mass is 19.1. The van der Waals surface area contributed by atoms with Gasteiger partial charge in [-0.1, -0.05) is 0 Å². The molecule has 0 radical (unpaired) electrons. The first-order valence-electron chi connectivity index (χ1n) is 7.60. The maximum atomic E-state index is 14.4. The molecule has 0 spiro atoms. The number of nitrogens with two attached hydrogens (primary N) is 1. The minimum Gasteiger partial charge on any atom is -0.477 e. The topological polar surface area (TPSA) is 97.4 Å². The monoisotopic (exact) mass is 359 g/mol. The van der Waals surface area contributed by atoms with Crippen LogP contribution in [0.1, 0.15) is 15.9 Å². The van der Waals surface area contributed by atoms with Gasteiger partial charge in [0.15, 0.2) is 0 Å². The van der Waals surface area contributed by atoms with Gasteiger partial charge in [0.1, 0.15) is 17.2 Å². The number of hydrogen-bond acceptors (Lipinski definition) is 4. The van der Waals surface area contributed by atoms with Crippen LogP contribution in [0.4, 0.5) is 20.2 Å². The predicted molar refractivity (Wildman–Crippen MR) is 95.1 cm³/mol. The quantitative estimate of drug-likeness (QED) is 0.625. The summed E-state index contributed by atoms with van der Waals surface area (Å²) >= 11 is 0. The number of carboxylic acid groups (broad SMARTS) is 1. The van der Waals surface area contributed by atoms with E-state index in [0.717, 1.165) is 12.3 Å². The Labute approximate surface area is 146 Å². The van der Waals surface area contributed by atoms with Crippen LogP contribution in [-0.4, -0.2) is 22.7 Å². The average Bonchev–Trinajstić information content (AvgIpc) is 2.58. The summed E-state index contributed by atoms with van der Waals surface area (Å²) in [7, 11) is 1.68. The largest absolute Gasteiger partial charge is 0.477 e. The fourth-order valence-electron chi connectivity index (χ4n) is 2.84. The van der Waals surface area contributed by atoms with E-state index in [2.05, 4.69) is 5.32 Å². The van der Waals surface area contributed by atoms with Crippen molar-refractivity contribution in [2.45, 2.75) is 6.92 Å². The number of nitrogens with one attached hydrogen (secondary N) is 1. The van der Waals surface area contributed by atoms with Crippen LogP contribution in [0.5, 0.6) is 0 Å². The molecule has 6 nitrogen and oxygen atoms in total. The molecule has 8 heteroatoms. The first-order valence-corrected chi connectivity index (χ1v) is 7.60. The predicted octanol–water partition coefficient (Wildman–Crippen LogP) is 2.90. The molecule has 0 saturated carbocycles. The maximum Gasteiger partial charge on any atom is 0.341 e. The number of carboxylic acids is 1. The maximum absolute atomic E-state index is 14.4. The minimum atomic E-state index is -1.45. The smallest absolute Gasteiger partial charge is 0.341 e. The van der Waals surface area contributed by atoms with E-state index in [4.69, 9.17) is 5.73 Å². The van der Waals surface area contributed by atoms with Crippen molar-refractivity contribution in [3.63, 3.8) is 0 Å². The van der Waals surface area contributed by atoms with Gasteiger partial charge in [0.2, 0.25) is 5.43 Å². The lowest BCUT2D eigenvalue weighted by Gasteiger charge is -2.16. The van der Waals surface area contributed by atoms with E-state index in [9.17, 15) is 23.5 Å². The van der Waals surface area contributed by atoms with Crippen LogP contribution in [0.2, 0.25) is 0 Å². The molecule has 2 aromatic carbocycles. The number of aryl methyl sites for hydroxylation is 1. The van der Waals surface area contributed by atoms with Gasteiger partial charge in [0.05, 0.1) is 16.9 Å².